The quantitative estimate of drug-likeness (QED) is 0.106. The number of methoxy groups -OCH3 is 2. The van der Waals surface area contributed by atoms with Gasteiger partial charge in [-0.15, -0.1) is 0 Å². The molecule has 2 heterocycles. The van der Waals surface area contributed by atoms with Crippen LogP contribution in [0.15, 0.2) is 143 Å². The maximum absolute atomic E-state index is 5.48. The molecule has 0 aromatic heterocycles. The van der Waals surface area contributed by atoms with Crippen LogP contribution in [-0.2, 0) is 12.8 Å². The van der Waals surface area contributed by atoms with E-state index in [1.54, 1.807) is 14.2 Å². The second-order valence-electron chi connectivity index (χ2n) is 16.6. The van der Waals surface area contributed by atoms with Crippen molar-refractivity contribution in [3.63, 3.8) is 0 Å². The average Bonchev–Trinajstić information content (AvgIpc) is 3.81. The fourth-order valence-corrected chi connectivity index (χ4v) is 8.51. The number of hydrogen-bond donors (Lipinski definition) is 2. The van der Waals surface area contributed by atoms with E-state index in [-0.39, 0.29) is 11.1 Å². The Hall–Kier alpha value is -5.62. The first-order valence-electron chi connectivity index (χ1n) is 20.2. The average molecular weight is 761 g/mol. The van der Waals surface area contributed by atoms with Crippen LogP contribution in [0.3, 0.4) is 0 Å². The van der Waals surface area contributed by atoms with Crippen molar-refractivity contribution in [1.82, 2.24) is 10.6 Å². The van der Waals surface area contributed by atoms with Crippen LogP contribution in [0.5, 0.6) is 11.5 Å². The van der Waals surface area contributed by atoms with E-state index in [0.29, 0.717) is 25.9 Å². The molecule has 6 nitrogen and oxygen atoms in total. The molecule has 4 aromatic carbocycles. The third-order valence-electron chi connectivity index (χ3n) is 10.8. The third kappa shape index (κ3) is 10.0. The molecule has 57 heavy (non-hydrogen) atoms. The van der Waals surface area contributed by atoms with Crippen molar-refractivity contribution in [1.29, 1.82) is 0 Å². The molecule has 296 valence electrons. The molecule has 0 saturated carbocycles. The Balaban J connectivity index is 1.15. The molecular formula is C51H60N4O2. The Morgan fingerprint density at radius 2 is 0.877 bits per heavy atom. The molecule has 0 radical (unpaired) electrons. The van der Waals surface area contributed by atoms with Gasteiger partial charge in [-0.2, -0.15) is 0 Å². The molecular weight excluding hydrogens is 701 g/mol. The number of hydrogen-bond acceptors (Lipinski definition) is 6. The third-order valence-corrected chi connectivity index (χ3v) is 10.8. The predicted octanol–water partition coefficient (Wildman–Crippen LogP) is 11.0. The first kappa shape index (κ1) is 41.0. The van der Waals surface area contributed by atoms with Gasteiger partial charge in [-0.1, -0.05) is 87.7 Å². The van der Waals surface area contributed by atoms with Crippen LogP contribution in [0.25, 0.3) is 11.1 Å². The molecule has 0 bridgehead atoms. The van der Waals surface area contributed by atoms with Crippen LogP contribution in [0.1, 0.15) is 94.2 Å². The molecule has 2 aliphatic heterocycles. The minimum Gasteiger partial charge on any atom is -0.497 e. The first-order valence-corrected chi connectivity index (χ1v) is 20.2. The number of rotatable bonds is 18. The van der Waals surface area contributed by atoms with Gasteiger partial charge in [0.15, 0.2) is 0 Å². The molecule has 0 aliphatic carbocycles. The van der Waals surface area contributed by atoms with Crippen molar-refractivity contribution in [2.75, 3.05) is 27.3 Å². The summed E-state index contributed by atoms with van der Waals surface area (Å²) < 4.78 is 10.9. The SMILES string of the molecule is C=C(CC1=C(c2ccc(CC)cc2)C(c2ccc(OC)cc2)=NC1)NC(C)(C)CC(C)(C)NC(=C)CC1=C(c2ccc(OC)cc2)C(c2ccc(CC)cc2)=NC1. The van der Waals surface area contributed by atoms with Crippen molar-refractivity contribution < 1.29 is 9.47 Å². The second-order valence-corrected chi connectivity index (χ2v) is 16.6. The highest BCUT2D eigenvalue weighted by Gasteiger charge is 2.31. The zero-order valence-corrected chi connectivity index (χ0v) is 35.3. The first-order chi connectivity index (χ1) is 27.3. The van der Waals surface area contributed by atoms with Gasteiger partial charge >= 0.3 is 0 Å². The van der Waals surface area contributed by atoms with Crippen LogP contribution in [0.2, 0.25) is 0 Å². The summed E-state index contributed by atoms with van der Waals surface area (Å²) in [5.74, 6) is 1.67. The molecule has 0 atom stereocenters. The zero-order valence-electron chi connectivity index (χ0n) is 35.3. The molecule has 4 aromatic rings. The molecule has 6 heteroatoms. The Bertz CT molecular complexity index is 2040. The highest BCUT2D eigenvalue weighted by Crippen LogP contribution is 2.36. The van der Waals surface area contributed by atoms with E-state index in [4.69, 9.17) is 19.5 Å². The summed E-state index contributed by atoms with van der Waals surface area (Å²) in [5, 5.41) is 7.62. The Morgan fingerprint density at radius 1 is 0.544 bits per heavy atom. The van der Waals surface area contributed by atoms with Gasteiger partial charge in [0.25, 0.3) is 0 Å². The van der Waals surface area contributed by atoms with E-state index < -0.39 is 0 Å². The Morgan fingerprint density at radius 3 is 1.23 bits per heavy atom. The van der Waals surface area contributed by atoms with E-state index in [2.05, 4.69) is 138 Å². The van der Waals surface area contributed by atoms with E-state index in [1.807, 2.05) is 24.3 Å². The van der Waals surface area contributed by atoms with Gasteiger partial charge in [0.05, 0.1) is 38.7 Å². The van der Waals surface area contributed by atoms with E-state index in [9.17, 15) is 0 Å². The maximum atomic E-state index is 5.48. The fourth-order valence-electron chi connectivity index (χ4n) is 8.51. The predicted molar refractivity (Wildman–Crippen MR) is 241 cm³/mol. The lowest BCUT2D eigenvalue weighted by Crippen LogP contribution is -2.50. The lowest BCUT2D eigenvalue weighted by molar-refractivity contribution is 0.275. The molecule has 0 amide bonds. The number of nitrogens with one attached hydrogen (secondary N) is 2. The van der Waals surface area contributed by atoms with Gasteiger partial charge in [0.2, 0.25) is 0 Å². The van der Waals surface area contributed by atoms with Crippen LogP contribution in [0.4, 0.5) is 0 Å². The van der Waals surface area contributed by atoms with Crippen molar-refractivity contribution >= 4 is 22.6 Å². The monoisotopic (exact) mass is 760 g/mol. The van der Waals surface area contributed by atoms with Crippen LogP contribution in [-0.4, -0.2) is 49.8 Å². The minimum absolute atomic E-state index is 0.253. The summed E-state index contributed by atoms with van der Waals surface area (Å²) >= 11 is 0. The minimum atomic E-state index is -0.254. The second kappa shape index (κ2) is 17.7. The van der Waals surface area contributed by atoms with Crippen molar-refractivity contribution in [2.24, 2.45) is 9.98 Å². The summed E-state index contributed by atoms with van der Waals surface area (Å²) in [4.78, 5) is 10.2. The summed E-state index contributed by atoms with van der Waals surface area (Å²) in [5.41, 5.74) is 15.6. The Labute approximate surface area is 341 Å². The van der Waals surface area contributed by atoms with E-state index in [0.717, 1.165) is 70.3 Å². The summed E-state index contributed by atoms with van der Waals surface area (Å²) in [6.45, 7) is 23.8. The number of allylic oxidation sites excluding steroid dienone is 4. The molecule has 0 saturated heterocycles. The normalized spacial score (nSPS) is 14.4. The van der Waals surface area contributed by atoms with Gasteiger partial charge in [-0.05, 0) is 117 Å². The van der Waals surface area contributed by atoms with Gasteiger partial charge < -0.3 is 20.1 Å². The number of ether oxygens (including phenoxy) is 2. The molecule has 0 unspecified atom stereocenters. The number of benzene rings is 4. The van der Waals surface area contributed by atoms with Gasteiger partial charge in [-0.3, -0.25) is 9.98 Å². The molecule has 2 N–H and O–H groups in total. The van der Waals surface area contributed by atoms with Crippen LogP contribution in [0, 0.1) is 0 Å². The van der Waals surface area contributed by atoms with E-state index >= 15 is 0 Å². The lowest BCUT2D eigenvalue weighted by Gasteiger charge is -2.38. The van der Waals surface area contributed by atoms with Crippen molar-refractivity contribution in [3.8, 4) is 11.5 Å². The van der Waals surface area contributed by atoms with Crippen LogP contribution < -0.4 is 20.1 Å². The smallest absolute Gasteiger partial charge is 0.118 e. The molecule has 2 aliphatic rings. The maximum Gasteiger partial charge on any atom is 0.118 e. The Kier molecular flexibility index (Phi) is 12.7. The lowest BCUT2D eigenvalue weighted by atomic mass is 9.85. The topological polar surface area (TPSA) is 67.2 Å². The summed E-state index contributed by atoms with van der Waals surface area (Å²) in [7, 11) is 3.40. The molecule has 0 fully saturated rings. The van der Waals surface area contributed by atoms with Crippen molar-refractivity contribution in [2.45, 2.75) is 84.7 Å². The van der Waals surface area contributed by atoms with Crippen LogP contribution >= 0.6 is 0 Å². The number of aliphatic imine (C=N–C) groups is 2. The van der Waals surface area contributed by atoms with Gasteiger partial charge in [0.1, 0.15) is 11.5 Å². The zero-order chi connectivity index (χ0) is 40.7. The fraction of sp³-hybridized carbons (Fsp3) is 0.333. The van der Waals surface area contributed by atoms with E-state index in [1.165, 1.54) is 39.0 Å². The summed E-state index contributed by atoms with van der Waals surface area (Å²) in [6, 6.07) is 34.2. The number of nitrogens with zero attached hydrogens (tertiary/aromatic N) is 2. The summed E-state index contributed by atoms with van der Waals surface area (Å²) in [6.07, 6.45) is 4.27. The highest BCUT2D eigenvalue weighted by molar-refractivity contribution is 6.34. The molecule has 0 spiro atoms. The van der Waals surface area contributed by atoms with Crippen molar-refractivity contribution in [3.05, 3.63) is 166 Å². The molecule has 6 rings (SSSR count). The highest BCUT2D eigenvalue weighted by atomic mass is 16.5. The van der Waals surface area contributed by atoms with Gasteiger partial charge in [-0.25, -0.2) is 0 Å². The largest absolute Gasteiger partial charge is 0.497 e. The number of aryl methyl sites for hydroxylation is 2. The van der Waals surface area contributed by atoms with Gasteiger partial charge in [0, 0.05) is 57.6 Å². The standard InChI is InChI=1S/C51H60N4O2/c1-11-36-13-17-38(18-14-36)46-42(31-53-49(46)41-23-27-45(57-10)28-24-41)29-34(3)54-50(5,6)33-51(7,8)55-35(4)30-43-32-52-48(40-19-15-37(12-2)16-20-40)47(43)39-21-25-44(56-9)26-22-39/h13-28,54-55H,3-4,11-12,29-33H2,1-2,5-10H3.